The zero-order chi connectivity index (χ0) is 28.8. The molecule has 39 heavy (non-hydrogen) atoms. The number of carbonyl (C=O) groups is 5. The molecule has 1 amide bonds. The largest absolute Gasteiger partial charge is 0.480 e. The fraction of sp³-hybridized carbons (Fsp3) is 0.767. The van der Waals surface area contributed by atoms with Gasteiger partial charge in [-0.15, -0.1) is 0 Å². The smallest absolute Gasteiger partial charge is 0.326 e. The topological polar surface area (TPSA) is 147 Å². The van der Waals surface area contributed by atoms with Crippen molar-refractivity contribution in [3.05, 3.63) is 11.6 Å². The van der Waals surface area contributed by atoms with Crippen LogP contribution in [-0.2, 0) is 28.7 Å². The third-order valence-electron chi connectivity index (χ3n) is 10.7. The summed E-state index contributed by atoms with van der Waals surface area (Å²) in [6.45, 7) is 7.10. The van der Waals surface area contributed by atoms with Gasteiger partial charge in [0.1, 0.15) is 11.6 Å². The summed E-state index contributed by atoms with van der Waals surface area (Å²) in [4.78, 5) is 61.0. The summed E-state index contributed by atoms with van der Waals surface area (Å²) >= 11 is 0. The number of carboxylic acid groups (broad SMARTS) is 1. The number of aliphatic carboxylic acids is 1. The van der Waals surface area contributed by atoms with Crippen molar-refractivity contribution in [3.63, 3.8) is 0 Å². The molecular formula is C30H43NO8. The molecule has 0 aromatic rings. The van der Waals surface area contributed by atoms with Crippen molar-refractivity contribution in [2.75, 3.05) is 6.61 Å². The SMILES string of the molecule is CC(C)[C@H](NC(=O)CCC(=O)OCC(=O)[C@]1(O)CC[C@@H]2[C@H]3CCC4=CC(=O)CC[C@]4(C)[C@@H]3CC[C@@]21C)C(=O)O. The molecular weight excluding hydrogens is 502 g/mol. The maximum atomic E-state index is 13.3. The summed E-state index contributed by atoms with van der Waals surface area (Å²) in [6, 6.07) is -1.05. The number of amides is 1. The van der Waals surface area contributed by atoms with E-state index in [2.05, 4.69) is 12.2 Å². The van der Waals surface area contributed by atoms with Crippen LogP contribution in [0, 0.1) is 34.5 Å². The van der Waals surface area contributed by atoms with E-state index in [1.165, 1.54) is 5.57 Å². The summed E-state index contributed by atoms with van der Waals surface area (Å²) in [5.41, 5.74) is -0.908. The molecule has 0 unspecified atom stereocenters. The lowest BCUT2D eigenvalue weighted by Crippen LogP contribution is -2.58. The van der Waals surface area contributed by atoms with Crippen LogP contribution in [0.3, 0.4) is 0 Å². The minimum atomic E-state index is -1.58. The highest BCUT2D eigenvalue weighted by molar-refractivity contribution is 5.92. The highest BCUT2D eigenvalue weighted by Gasteiger charge is 2.66. The van der Waals surface area contributed by atoms with Crippen LogP contribution in [0.4, 0.5) is 0 Å². The van der Waals surface area contributed by atoms with E-state index in [4.69, 9.17) is 4.74 Å². The first-order valence-electron chi connectivity index (χ1n) is 14.4. The van der Waals surface area contributed by atoms with Crippen molar-refractivity contribution in [1.29, 1.82) is 0 Å². The lowest BCUT2D eigenvalue weighted by molar-refractivity contribution is -0.170. The lowest BCUT2D eigenvalue weighted by Gasteiger charge is -2.58. The Bertz CT molecular complexity index is 1080. The van der Waals surface area contributed by atoms with E-state index in [0.717, 1.165) is 32.1 Å². The number of ether oxygens (including phenoxy) is 1. The third kappa shape index (κ3) is 5.19. The van der Waals surface area contributed by atoms with E-state index in [9.17, 15) is 34.2 Å². The van der Waals surface area contributed by atoms with Gasteiger partial charge in [-0.2, -0.15) is 0 Å². The van der Waals surface area contributed by atoms with Crippen LogP contribution < -0.4 is 5.32 Å². The maximum absolute atomic E-state index is 13.3. The van der Waals surface area contributed by atoms with E-state index in [-0.39, 0.29) is 35.9 Å². The minimum Gasteiger partial charge on any atom is -0.480 e. The zero-order valence-electron chi connectivity index (χ0n) is 23.6. The molecule has 0 aromatic carbocycles. The second-order valence-electron chi connectivity index (χ2n) is 13.0. The van der Waals surface area contributed by atoms with Crippen molar-refractivity contribution in [3.8, 4) is 0 Å². The van der Waals surface area contributed by atoms with Crippen molar-refractivity contribution >= 4 is 29.4 Å². The van der Waals surface area contributed by atoms with Crippen LogP contribution in [0.2, 0.25) is 0 Å². The van der Waals surface area contributed by atoms with Gasteiger partial charge in [0, 0.05) is 18.3 Å². The number of carbonyl (C=O) groups excluding carboxylic acids is 4. The van der Waals surface area contributed by atoms with Gasteiger partial charge in [-0.3, -0.25) is 19.2 Å². The standard InChI is InChI=1S/C30H43NO8/c1-17(2)26(27(36)37)31-24(34)7-8-25(35)39-16-23(33)30(38)14-11-22-20-6-5-18-15-19(32)9-12-28(18,3)21(20)10-13-29(22,30)4/h15,17,20-22,26,38H,5-14,16H2,1-4H3,(H,31,34)(H,36,37)/t20-,21+,22+,26-,28-,29-,30+/m0/s1. The summed E-state index contributed by atoms with van der Waals surface area (Å²) in [6.07, 6.45) is 7.28. The molecule has 0 saturated heterocycles. The second kappa shape index (κ2) is 10.8. The first-order valence-corrected chi connectivity index (χ1v) is 14.4. The Morgan fingerprint density at radius 2 is 1.72 bits per heavy atom. The average Bonchev–Trinajstić information content (AvgIpc) is 3.16. The molecule has 4 aliphatic carbocycles. The van der Waals surface area contributed by atoms with Crippen molar-refractivity contribution in [1.82, 2.24) is 5.32 Å². The van der Waals surface area contributed by atoms with Gasteiger partial charge in [0.2, 0.25) is 11.7 Å². The number of hydrogen-bond donors (Lipinski definition) is 3. The lowest BCUT2D eigenvalue weighted by atomic mass is 9.46. The van der Waals surface area contributed by atoms with Gasteiger partial charge < -0.3 is 20.3 Å². The monoisotopic (exact) mass is 545 g/mol. The number of carboxylic acids is 1. The molecule has 0 radical (unpaired) electrons. The van der Waals surface area contributed by atoms with Crippen molar-refractivity contribution in [2.45, 2.75) is 104 Å². The summed E-state index contributed by atoms with van der Waals surface area (Å²) in [5, 5.41) is 23.3. The highest BCUT2D eigenvalue weighted by atomic mass is 16.5. The highest BCUT2D eigenvalue weighted by Crippen LogP contribution is 2.67. The number of nitrogens with one attached hydrogen (secondary N) is 1. The first kappa shape index (κ1) is 29.4. The van der Waals surface area contributed by atoms with Gasteiger partial charge in [0.05, 0.1) is 6.42 Å². The zero-order valence-corrected chi connectivity index (χ0v) is 23.6. The molecule has 4 rings (SSSR count). The number of esters is 1. The average molecular weight is 546 g/mol. The van der Waals surface area contributed by atoms with E-state index >= 15 is 0 Å². The van der Waals surface area contributed by atoms with E-state index in [1.54, 1.807) is 13.8 Å². The molecule has 9 nitrogen and oxygen atoms in total. The van der Waals surface area contributed by atoms with Crippen molar-refractivity contribution < 1.29 is 38.9 Å². The summed E-state index contributed by atoms with van der Waals surface area (Å²) in [5.74, 6) is -2.07. The molecule has 3 N–H and O–H groups in total. The number of allylic oxidation sites excluding steroid dienone is 1. The first-order chi connectivity index (χ1) is 18.2. The Kier molecular flexibility index (Phi) is 8.14. The van der Waals surface area contributed by atoms with E-state index < -0.39 is 47.3 Å². The molecule has 3 saturated carbocycles. The molecule has 0 aliphatic heterocycles. The predicted molar refractivity (Wildman–Crippen MR) is 141 cm³/mol. The van der Waals surface area contributed by atoms with Crippen LogP contribution in [-0.4, -0.2) is 57.9 Å². The molecule has 216 valence electrons. The quantitative estimate of drug-likeness (QED) is 0.374. The molecule has 0 spiro atoms. The molecule has 7 atom stereocenters. The summed E-state index contributed by atoms with van der Waals surface area (Å²) < 4.78 is 5.18. The fourth-order valence-corrected chi connectivity index (χ4v) is 8.35. The van der Waals surface area contributed by atoms with Gasteiger partial charge in [-0.25, -0.2) is 4.79 Å². The molecule has 4 aliphatic rings. The van der Waals surface area contributed by atoms with Gasteiger partial charge in [-0.1, -0.05) is 33.3 Å². The van der Waals surface area contributed by atoms with Crippen molar-refractivity contribution in [2.24, 2.45) is 34.5 Å². The van der Waals surface area contributed by atoms with Gasteiger partial charge in [-0.05, 0) is 80.1 Å². The number of hydrogen-bond acceptors (Lipinski definition) is 7. The van der Waals surface area contributed by atoms with Gasteiger partial charge >= 0.3 is 11.9 Å². The Hall–Kier alpha value is -2.55. The van der Waals surface area contributed by atoms with Crippen LogP contribution in [0.25, 0.3) is 0 Å². The summed E-state index contributed by atoms with van der Waals surface area (Å²) in [7, 11) is 0. The number of aliphatic hydroxyl groups is 1. The molecule has 0 heterocycles. The van der Waals surface area contributed by atoms with Crippen LogP contribution in [0.5, 0.6) is 0 Å². The number of fused-ring (bicyclic) bond motifs is 5. The molecule has 0 aromatic heterocycles. The Labute approximate surface area is 230 Å². The second-order valence-corrected chi connectivity index (χ2v) is 13.0. The number of ketones is 2. The normalized spacial score (nSPS) is 36.2. The Morgan fingerprint density at radius 3 is 2.38 bits per heavy atom. The molecule has 9 heteroatoms. The van der Waals surface area contributed by atoms with E-state index in [0.29, 0.717) is 31.1 Å². The molecule has 3 fully saturated rings. The fourth-order valence-electron chi connectivity index (χ4n) is 8.35. The van der Waals surface area contributed by atoms with Crippen LogP contribution in [0.15, 0.2) is 11.6 Å². The van der Waals surface area contributed by atoms with Crippen LogP contribution in [0.1, 0.15) is 91.9 Å². The number of Topliss-reactive ketones (excluding diaryl/α,β-unsaturated/α-hetero) is 1. The Morgan fingerprint density at radius 1 is 1.03 bits per heavy atom. The van der Waals surface area contributed by atoms with E-state index in [1.807, 2.05) is 13.0 Å². The Balaban J connectivity index is 1.34. The third-order valence-corrected chi connectivity index (χ3v) is 10.7. The van der Waals surface area contributed by atoms with Gasteiger partial charge in [0.15, 0.2) is 12.4 Å². The number of rotatable bonds is 9. The predicted octanol–water partition coefficient (Wildman–Crippen LogP) is 3.37. The minimum absolute atomic E-state index is 0.00431. The van der Waals surface area contributed by atoms with Gasteiger partial charge in [0.25, 0.3) is 0 Å². The van der Waals surface area contributed by atoms with Crippen LogP contribution >= 0.6 is 0 Å². The molecule has 0 bridgehead atoms. The maximum Gasteiger partial charge on any atom is 0.326 e.